The number of benzene rings is 2. The summed E-state index contributed by atoms with van der Waals surface area (Å²) < 4.78 is 20.6. The van der Waals surface area contributed by atoms with Gasteiger partial charge in [-0.15, -0.1) is 0 Å². The van der Waals surface area contributed by atoms with Crippen LogP contribution in [0.4, 0.5) is 15.0 Å². The molecular weight excluding hydrogens is 670 g/mol. The van der Waals surface area contributed by atoms with Crippen LogP contribution in [0.3, 0.4) is 0 Å². The highest BCUT2D eigenvalue weighted by Crippen LogP contribution is 2.25. The second kappa shape index (κ2) is 14.6. The van der Waals surface area contributed by atoms with Crippen LogP contribution in [0, 0.1) is 5.82 Å². The lowest BCUT2D eigenvalue weighted by Crippen LogP contribution is -2.58. The van der Waals surface area contributed by atoms with E-state index < -0.39 is 39.2 Å². The number of imidazole rings is 1. The maximum Gasteiger partial charge on any atom is 0.281 e. The number of amides is 4. The molecule has 13 heteroatoms. The molecule has 1 aliphatic heterocycles. The lowest BCUT2D eigenvalue weighted by molar-refractivity contribution is -0.132. The summed E-state index contributed by atoms with van der Waals surface area (Å²) in [5.74, 6) is -1.61. The number of likely N-dealkylation sites (tertiary alicyclic amines) is 1. The molecule has 1 aliphatic rings. The molecule has 0 saturated carbocycles. The minimum absolute atomic E-state index is 0.147. The fourth-order valence-corrected chi connectivity index (χ4v) is 5.32. The second-order valence-corrected chi connectivity index (χ2v) is 11.7. The van der Waals surface area contributed by atoms with Crippen molar-refractivity contribution in [3.63, 3.8) is 0 Å². The molecule has 11 nitrogen and oxygen atoms in total. The Bertz CT molecular complexity index is 1430. The lowest BCUT2D eigenvalue weighted by atomic mass is 10.0. The van der Waals surface area contributed by atoms with Crippen LogP contribution in [-0.2, 0) is 25.7 Å². The molecule has 1 unspecified atom stereocenters. The first-order valence-corrected chi connectivity index (χ1v) is 14.9. The number of nitrogens with zero attached hydrogens (tertiary/aromatic N) is 3. The van der Waals surface area contributed by atoms with Crippen molar-refractivity contribution >= 4 is 50.0 Å². The third-order valence-corrected chi connectivity index (χ3v) is 7.25. The Morgan fingerprint density at radius 1 is 1.05 bits per heavy atom. The van der Waals surface area contributed by atoms with Crippen molar-refractivity contribution in [2.75, 3.05) is 25.0 Å². The number of carbonyl (C=O) groups is 4. The van der Waals surface area contributed by atoms with Crippen LogP contribution in [-0.4, -0.2) is 67.4 Å². The summed E-state index contributed by atoms with van der Waals surface area (Å²) in [5.41, 5.74) is 0.169. The first-order valence-electron chi connectivity index (χ1n) is 13.8. The summed E-state index contributed by atoms with van der Waals surface area (Å²) in [6, 6.07) is 13.1. The first kappa shape index (κ1) is 32.1. The molecule has 228 valence electrons. The van der Waals surface area contributed by atoms with Gasteiger partial charge in [-0.3, -0.25) is 19.2 Å². The van der Waals surface area contributed by atoms with Gasteiger partial charge in [0.25, 0.3) is 9.82 Å². The van der Waals surface area contributed by atoms with E-state index in [1.54, 1.807) is 21.6 Å². The molecule has 4 rings (SSSR count). The van der Waals surface area contributed by atoms with Crippen LogP contribution >= 0.6 is 22.6 Å². The first-order chi connectivity index (χ1) is 20.5. The lowest BCUT2D eigenvalue weighted by Gasteiger charge is -2.27. The summed E-state index contributed by atoms with van der Waals surface area (Å²) in [6.07, 6.45) is 4.76. The molecular formula is C30H34FIN6O5. The van der Waals surface area contributed by atoms with Crippen molar-refractivity contribution in [1.29, 1.82) is 0 Å². The molecule has 3 N–H and O–H groups in total. The van der Waals surface area contributed by atoms with Gasteiger partial charge in [0.15, 0.2) is 5.82 Å². The molecule has 2 heterocycles. The number of aromatic nitrogens is 2. The molecule has 43 heavy (non-hydrogen) atoms. The number of hydrogen-bond donors (Lipinski definition) is 3. The van der Waals surface area contributed by atoms with Gasteiger partial charge >= 0.3 is 0 Å². The van der Waals surface area contributed by atoms with E-state index in [1.807, 2.05) is 30.3 Å². The van der Waals surface area contributed by atoms with Crippen LogP contribution in [0.5, 0.6) is 0 Å². The van der Waals surface area contributed by atoms with Crippen LogP contribution in [0.25, 0.3) is 0 Å². The number of carbonyl (C=O) groups excluding carboxylic acids is 4. The van der Waals surface area contributed by atoms with Gasteiger partial charge in [-0.25, -0.2) is 9.37 Å². The Kier molecular flexibility index (Phi) is 10.9. The maximum atomic E-state index is 13.7. The molecule has 1 aromatic heterocycles. The number of nitrogens with one attached hydrogen (secondary N) is 3. The molecule has 0 aliphatic carbocycles. The summed E-state index contributed by atoms with van der Waals surface area (Å²) >= 11 is 1.53. The van der Waals surface area contributed by atoms with Crippen molar-refractivity contribution in [2.24, 2.45) is 0 Å². The van der Waals surface area contributed by atoms with E-state index in [2.05, 4.69) is 20.9 Å². The van der Waals surface area contributed by atoms with Gasteiger partial charge in [0.2, 0.25) is 11.8 Å². The van der Waals surface area contributed by atoms with Crippen molar-refractivity contribution in [1.82, 2.24) is 25.1 Å². The van der Waals surface area contributed by atoms with Crippen LogP contribution in [0.2, 0.25) is 0 Å². The zero-order valence-corrected chi connectivity index (χ0v) is 26.0. The Morgan fingerprint density at radius 3 is 2.37 bits per heavy atom. The Balaban J connectivity index is 1.51. The molecule has 0 spiro atoms. The highest BCUT2D eigenvalue weighted by molar-refractivity contribution is 14.1. The van der Waals surface area contributed by atoms with Gasteiger partial charge in [-0.05, 0) is 49.9 Å². The largest absolute Gasteiger partial charge is 0.374 e. The molecule has 1 fully saturated rings. The average molecular weight is 705 g/mol. The highest BCUT2D eigenvalue weighted by atomic mass is 127. The topological polar surface area (TPSA) is 135 Å². The number of anilines is 1. The number of halogens is 2. The number of rotatable bonds is 12. The maximum absolute atomic E-state index is 13.7. The number of hydrogen-bond acceptors (Lipinski definition) is 6. The zero-order valence-electron chi connectivity index (χ0n) is 23.9. The standard InChI is InChI=1S/C30H34FIN6O5/c1-30(2,36-29(32)42)28(41)34-23(18-43-17-20-8-4-3-5-9-20)26(39)35-24-16-38(19-33-24)25(21-10-12-22(31)13-11-21)27(40)37-14-6-7-15-37/h3-5,8-13,16,19,23,25H,6-7,14-15,17-18H2,1-2H3,(H,34,41)(H,35,39)(H,36,42)/t23-,25?/m1/s1. The fourth-order valence-electron chi connectivity index (χ4n) is 4.65. The van der Waals surface area contributed by atoms with Gasteiger partial charge in [0, 0.05) is 41.9 Å². The molecule has 2 aromatic carbocycles. The minimum Gasteiger partial charge on any atom is -0.374 e. The quantitative estimate of drug-likeness (QED) is 0.149. The van der Waals surface area contributed by atoms with Crippen LogP contribution in [0.15, 0.2) is 67.1 Å². The van der Waals surface area contributed by atoms with E-state index in [4.69, 9.17) is 4.74 Å². The van der Waals surface area contributed by atoms with Gasteiger partial charge in [0.05, 0.1) is 19.5 Å². The van der Waals surface area contributed by atoms with E-state index in [0.717, 1.165) is 18.4 Å². The average Bonchev–Trinajstić information content (AvgIpc) is 3.66. The summed E-state index contributed by atoms with van der Waals surface area (Å²) in [5, 5.41) is 7.90. The van der Waals surface area contributed by atoms with Gasteiger partial charge in [-0.2, -0.15) is 0 Å². The summed E-state index contributed by atoms with van der Waals surface area (Å²) in [4.78, 5) is 57.6. The molecule has 0 bridgehead atoms. The Hall–Kier alpha value is -3.85. The van der Waals surface area contributed by atoms with E-state index in [9.17, 15) is 23.6 Å². The third kappa shape index (κ3) is 8.83. The molecule has 1 saturated heterocycles. The SMILES string of the molecule is CC(C)(NC(=O)I)C(=O)N[C@H](COCc1ccccc1)C(=O)Nc1cn(C(C(=O)N2CCCC2)c2ccc(F)cc2)cn1. The predicted molar refractivity (Wildman–Crippen MR) is 166 cm³/mol. The second-order valence-electron chi connectivity index (χ2n) is 10.7. The predicted octanol–water partition coefficient (Wildman–Crippen LogP) is 3.80. The molecule has 4 amide bonds. The Labute approximate surface area is 262 Å². The summed E-state index contributed by atoms with van der Waals surface area (Å²) in [6.45, 7) is 4.36. The van der Waals surface area contributed by atoms with Crippen molar-refractivity contribution in [3.8, 4) is 0 Å². The summed E-state index contributed by atoms with van der Waals surface area (Å²) in [7, 11) is 0. The van der Waals surface area contributed by atoms with Gasteiger partial charge < -0.3 is 30.2 Å². The molecule has 0 radical (unpaired) electrons. The minimum atomic E-state index is -1.30. The molecule has 2 atom stereocenters. The number of ether oxygens (including phenoxy) is 1. The highest BCUT2D eigenvalue weighted by Gasteiger charge is 2.33. The normalized spacial score (nSPS) is 14.6. The smallest absolute Gasteiger partial charge is 0.281 e. The monoisotopic (exact) mass is 704 g/mol. The van der Waals surface area contributed by atoms with Gasteiger partial charge in [0.1, 0.15) is 23.4 Å². The van der Waals surface area contributed by atoms with E-state index in [-0.39, 0.29) is 24.9 Å². The van der Waals surface area contributed by atoms with E-state index in [1.165, 1.54) is 61.1 Å². The van der Waals surface area contributed by atoms with Crippen LogP contribution in [0.1, 0.15) is 43.9 Å². The molecule has 3 aromatic rings. The van der Waals surface area contributed by atoms with E-state index in [0.29, 0.717) is 18.7 Å². The Morgan fingerprint density at radius 2 is 1.72 bits per heavy atom. The zero-order chi connectivity index (χ0) is 31.0. The van der Waals surface area contributed by atoms with Gasteiger partial charge in [-0.1, -0.05) is 42.5 Å². The van der Waals surface area contributed by atoms with Crippen LogP contribution < -0.4 is 16.0 Å². The van der Waals surface area contributed by atoms with Crippen molar-refractivity contribution < 1.29 is 28.3 Å². The third-order valence-electron chi connectivity index (χ3n) is 6.98. The van der Waals surface area contributed by atoms with Crippen molar-refractivity contribution in [3.05, 3.63) is 84.1 Å². The fraction of sp³-hybridized carbons (Fsp3) is 0.367. The van der Waals surface area contributed by atoms with E-state index >= 15 is 0 Å². The van der Waals surface area contributed by atoms with Crippen molar-refractivity contribution in [2.45, 2.75) is 50.9 Å².